The SMILES string of the molecule is COc1ccc(NC(C)c2ccc(Br)cc2Cl)cc1F. The van der Waals surface area contributed by atoms with Gasteiger partial charge in [0.25, 0.3) is 0 Å². The summed E-state index contributed by atoms with van der Waals surface area (Å²) in [6.45, 7) is 1.97. The van der Waals surface area contributed by atoms with E-state index in [1.165, 1.54) is 13.2 Å². The molecular formula is C15H14BrClFNO. The number of anilines is 1. The summed E-state index contributed by atoms with van der Waals surface area (Å²) in [5.41, 5.74) is 1.63. The predicted octanol–water partition coefficient (Wildman–Crippen LogP) is 5.42. The minimum Gasteiger partial charge on any atom is -0.494 e. The molecule has 0 bridgehead atoms. The number of rotatable bonds is 4. The third kappa shape index (κ3) is 3.44. The zero-order valence-electron chi connectivity index (χ0n) is 11.1. The van der Waals surface area contributed by atoms with Gasteiger partial charge in [-0.1, -0.05) is 33.6 Å². The Kier molecular flexibility index (Phi) is 4.89. The van der Waals surface area contributed by atoms with E-state index in [1.54, 1.807) is 12.1 Å². The second-order valence-corrected chi connectivity index (χ2v) is 5.70. The van der Waals surface area contributed by atoms with Crippen molar-refractivity contribution in [1.29, 1.82) is 0 Å². The van der Waals surface area contributed by atoms with E-state index in [2.05, 4.69) is 21.2 Å². The average molecular weight is 359 g/mol. The van der Waals surface area contributed by atoms with Crippen molar-refractivity contribution in [2.75, 3.05) is 12.4 Å². The molecule has 5 heteroatoms. The van der Waals surface area contributed by atoms with Gasteiger partial charge < -0.3 is 10.1 Å². The molecule has 20 heavy (non-hydrogen) atoms. The van der Waals surface area contributed by atoms with Crippen molar-refractivity contribution >= 4 is 33.2 Å². The smallest absolute Gasteiger partial charge is 0.167 e. The van der Waals surface area contributed by atoms with Gasteiger partial charge in [0.1, 0.15) is 0 Å². The fourth-order valence-electron chi connectivity index (χ4n) is 1.94. The lowest BCUT2D eigenvalue weighted by atomic mass is 10.1. The van der Waals surface area contributed by atoms with E-state index in [9.17, 15) is 4.39 Å². The standard InChI is InChI=1S/C15H14BrClFNO/c1-9(12-5-3-10(16)7-13(12)17)19-11-4-6-15(20-2)14(18)8-11/h3-9,19H,1-2H3. The summed E-state index contributed by atoms with van der Waals surface area (Å²) in [5, 5.41) is 3.88. The third-order valence-corrected chi connectivity index (χ3v) is 3.78. The summed E-state index contributed by atoms with van der Waals surface area (Å²) >= 11 is 9.57. The topological polar surface area (TPSA) is 21.3 Å². The molecule has 0 aromatic heterocycles. The Balaban J connectivity index is 2.18. The molecule has 1 unspecified atom stereocenters. The van der Waals surface area contributed by atoms with Crippen LogP contribution in [-0.4, -0.2) is 7.11 Å². The zero-order chi connectivity index (χ0) is 14.7. The van der Waals surface area contributed by atoms with Crippen molar-refractivity contribution in [3.63, 3.8) is 0 Å². The van der Waals surface area contributed by atoms with Crippen molar-refractivity contribution in [3.05, 3.63) is 57.3 Å². The normalized spacial score (nSPS) is 12.1. The predicted molar refractivity (Wildman–Crippen MR) is 84.1 cm³/mol. The van der Waals surface area contributed by atoms with E-state index in [-0.39, 0.29) is 11.8 Å². The van der Waals surface area contributed by atoms with E-state index in [1.807, 2.05) is 25.1 Å². The van der Waals surface area contributed by atoms with Crippen LogP contribution in [0.1, 0.15) is 18.5 Å². The molecule has 1 N–H and O–H groups in total. The second-order valence-electron chi connectivity index (χ2n) is 4.38. The first-order valence-corrected chi connectivity index (χ1v) is 7.23. The fraction of sp³-hybridized carbons (Fsp3) is 0.200. The number of methoxy groups -OCH3 is 1. The lowest BCUT2D eigenvalue weighted by molar-refractivity contribution is 0.386. The van der Waals surface area contributed by atoms with Gasteiger partial charge >= 0.3 is 0 Å². The molecule has 0 aliphatic heterocycles. The van der Waals surface area contributed by atoms with E-state index >= 15 is 0 Å². The van der Waals surface area contributed by atoms with Crippen molar-refractivity contribution in [1.82, 2.24) is 0 Å². The Morgan fingerprint density at radius 2 is 2.00 bits per heavy atom. The molecule has 2 rings (SSSR count). The van der Waals surface area contributed by atoms with Crippen LogP contribution in [0.5, 0.6) is 5.75 Å². The summed E-state index contributed by atoms with van der Waals surface area (Å²) in [4.78, 5) is 0. The first-order chi connectivity index (χ1) is 9.51. The van der Waals surface area contributed by atoms with Crippen molar-refractivity contribution in [2.45, 2.75) is 13.0 Å². The molecule has 2 aromatic carbocycles. The van der Waals surface area contributed by atoms with Crippen LogP contribution in [0.25, 0.3) is 0 Å². The van der Waals surface area contributed by atoms with Crippen LogP contribution in [-0.2, 0) is 0 Å². The molecule has 1 atom stereocenters. The molecule has 0 fully saturated rings. The van der Waals surface area contributed by atoms with Crippen LogP contribution in [0.4, 0.5) is 10.1 Å². The van der Waals surface area contributed by atoms with Gasteiger partial charge in [0.2, 0.25) is 0 Å². The highest BCUT2D eigenvalue weighted by molar-refractivity contribution is 9.10. The van der Waals surface area contributed by atoms with Crippen molar-refractivity contribution in [2.24, 2.45) is 0 Å². The largest absolute Gasteiger partial charge is 0.494 e. The summed E-state index contributed by atoms with van der Waals surface area (Å²) in [5.74, 6) is -0.170. The maximum absolute atomic E-state index is 13.6. The molecular weight excluding hydrogens is 345 g/mol. The monoisotopic (exact) mass is 357 g/mol. The Bertz CT molecular complexity index is 621. The molecule has 0 heterocycles. The Labute approximate surface area is 131 Å². The molecule has 106 valence electrons. The minimum absolute atomic E-state index is 0.0385. The van der Waals surface area contributed by atoms with Crippen LogP contribution < -0.4 is 10.1 Å². The molecule has 0 radical (unpaired) electrons. The quantitative estimate of drug-likeness (QED) is 0.787. The van der Waals surface area contributed by atoms with Gasteiger partial charge in [-0.05, 0) is 36.8 Å². The molecule has 0 aliphatic carbocycles. The number of benzene rings is 2. The number of ether oxygens (including phenoxy) is 1. The third-order valence-electron chi connectivity index (χ3n) is 2.96. The van der Waals surface area contributed by atoms with Crippen LogP contribution >= 0.6 is 27.5 Å². The first-order valence-electron chi connectivity index (χ1n) is 6.06. The maximum atomic E-state index is 13.6. The fourth-order valence-corrected chi connectivity index (χ4v) is 2.77. The van der Waals surface area contributed by atoms with Gasteiger partial charge in [-0.3, -0.25) is 0 Å². The van der Waals surface area contributed by atoms with Crippen LogP contribution in [0.2, 0.25) is 5.02 Å². The number of nitrogens with one attached hydrogen (secondary N) is 1. The first kappa shape index (κ1) is 15.1. The summed E-state index contributed by atoms with van der Waals surface area (Å²) in [7, 11) is 1.44. The Morgan fingerprint density at radius 3 is 2.60 bits per heavy atom. The van der Waals surface area contributed by atoms with E-state index in [0.717, 1.165) is 10.0 Å². The van der Waals surface area contributed by atoms with Gasteiger partial charge in [0.05, 0.1) is 7.11 Å². The van der Waals surface area contributed by atoms with Gasteiger partial charge in [-0.25, -0.2) is 4.39 Å². The molecule has 0 spiro atoms. The molecule has 0 saturated carbocycles. The minimum atomic E-state index is -0.397. The number of hydrogen-bond donors (Lipinski definition) is 1. The van der Waals surface area contributed by atoms with E-state index < -0.39 is 5.82 Å². The van der Waals surface area contributed by atoms with E-state index in [0.29, 0.717) is 10.7 Å². The number of halogens is 3. The van der Waals surface area contributed by atoms with Crippen molar-refractivity contribution in [3.8, 4) is 5.75 Å². The summed E-state index contributed by atoms with van der Waals surface area (Å²) in [6, 6.07) is 10.4. The summed E-state index contributed by atoms with van der Waals surface area (Å²) in [6.07, 6.45) is 0. The molecule has 2 nitrogen and oxygen atoms in total. The lowest BCUT2D eigenvalue weighted by Crippen LogP contribution is -2.07. The van der Waals surface area contributed by atoms with Crippen LogP contribution in [0, 0.1) is 5.82 Å². The highest BCUT2D eigenvalue weighted by Crippen LogP contribution is 2.29. The van der Waals surface area contributed by atoms with Crippen LogP contribution in [0.3, 0.4) is 0 Å². The van der Waals surface area contributed by atoms with Gasteiger partial charge in [0, 0.05) is 27.3 Å². The highest BCUT2D eigenvalue weighted by atomic mass is 79.9. The van der Waals surface area contributed by atoms with Gasteiger partial charge in [-0.15, -0.1) is 0 Å². The number of hydrogen-bond acceptors (Lipinski definition) is 2. The second kappa shape index (κ2) is 6.46. The molecule has 0 saturated heterocycles. The summed E-state index contributed by atoms with van der Waals surface area (Å²) < 4.78 is 19.5. The Hall–Kier alpha value is -1.26. The van der Waals surface area contributed by atoms with Gasteiger partial charge in [0.15, 0.2) is 11.6 Å². The lowest BCUT2D eigenvalue weighted by Gasteiger charge is -2.17. The van der Waals surface area contributed by atoms with Crippen molar-refractivity contribution < 1.29 is 9.13 Å². The zero-order valence-corrected chi connectivity index (χ0v) is 13.4. The average Bonchev–Trinajstić information content (AvgIpc) is 2.38. The van der Waals surface area contributed by atoms with Gasteiger partial charge in [-0.2, -0.15) is 0 Å². The molecule has 0 aliphatic rings. The molecule has 2 aromatic rings. The molecule has 0 amide bonds. The highest BCUT2D eigenvalue weighted by Gasteiger charge is 2.11. The maximum Gasteiger partial charge on any atom is 0.167 e. The Morgan fingerprint density at radius 1 is 1.25 bits per heavy atom. The van der Waals surface area contributed by atoms with Crippen LogP contribution in [0.15, 0.2) is 40.9 Å². The van der Waals surface area contributed by atoms with E-state index in [4.69, 9.17) is 16.3 Å².